The average molecular weight is 349 g/mol. The summed E-state index contributed by atoms with van der Waals surface area (Å²) in [5, 5.41) is 7.53. The van der Waals surface area contributed by atoms with Gasteiger partial charge in [-0.2, -0.15) is 0 Å². The number of rotatable bonds is 4. The number of fused-ring (bicyclic) bond motifs is 1. The fraction of sp³-hybridized carbons (Fsp3) is 0.238. The van der Waals surface area contributed by atoms with Gasteiger partial charge in [-0.05, 0) is 36.2 Å². The van der Waals surface area contributed by atoms with Gasteiger partial charge in [-0.25, -0.2) is 4.39 Å². The molecule has 1 fully saturated rings. The number of benzene rings is 2. The summed E-state index contributed by atoms with van der Waals surface area (Å²) in [6.45, 7) is 0.649. The SMILES string of the molecule is O=C1CC[C@@H](NCc2ccc3ncccc3c2)[C@H](c2ccccc2F)N1. The van der Waals surface area contributed by atoms with E-state index in [0.717, 1.165) is 16.5 Å². The maximum absolute atomic E-state index is 14.2. The molecule has 2 heterocycles. The largest absolute Gasteiger partial charge is 0.348 e. The van der Waals surface area contributed by atoms with Crippen LogP contribution in [0.4, 0.5) is 4.39 Å². The summed E-state index contributed by atoms with van der Waals surface area (Å²) in [6, 6.07) is 16.4. The number of amides is 1. The normalized spacial score (nSPS) is 20.1. The second-order valence-electron chi connectivity index (χ2n) is 6.62. The highest BCUT2D eigenvalue weighted by Gasteiger charge is 2.31. The van der Waals surface area contributed by atoms with Gasteiger partial charge in [-0.1, -0.05) is 30.3 Å². The molecule has 1 aliphatic rings. The number of nitrogens with one attached hydrogen (secondary N) is 2. The maximum atomic E-state index is 14.2. The number of carbonyl (C=O) groups excluding carboxylic acids is 1. The van der Waals surface area contributed by atoms with Crippen molar-refractivity contribution in [1.82, 2.24) is 15.6 Å². The molecule has 0 saturated carbocycles. The fourth-order valence-corrected chi connectivity index (χ4v) is 3.53. The van der Waals surface area contributed by atoms with Gasteiger partial charge in [-0.3, -0.25) is 9.78 Å². The van der Waals surface area contributed by atoms with E-state index in [1.165, 1.54) is 6.07 Å². The molecular weight excluding hydrogens is 329 g/mol. The summed E-state index contributed by atoms with van der Waals surface area (Å²) in [6.07, 6.45) is 2.91. The predicted molar refractivity (Wildman–Crippen MR) is 98.9 cm³/mol. The lowest BCUT2D eigenvalue weighted by atomic mass is 9.91. The van der Waals surface area contributed by atoms with Gasteiger partial charge in [-0.15, -0.1) is 0 Å². The van der Waals surface area contributed by atoms with Crippen molar-refractivity contribution in [3.63, 3.8) is 0 Å². The number of pyridine rings is 1. The molecule has 4 rings (SSSR count). The van der Waals surface area contributed by atoms with Crippen molar-refractivity contribution in [2.45, 2.75) is 31.5 Å². The van der Waals surface area contributed by atoms with Crippen LogP contribution in [0.1, 0.15) is 30.0 Å². The smallest absolute Gasteiger partial charge is 0.220 e. The number of nitrogens with zero attached hydrogens (tertiary/aromatic N) is 1. The molecule has 0 radical (unpaired) electrons. The zero-order valence-electron chi connectivity index (χ0n) is 14.3. The molecular formula is C21H20FN3O. The minimum absolute atomic E-state index is 0.0193. The van der Waals surface area contributed by atoms with Gasteiger partial charge in [0.2, 0.25) is 5.91 Å². The van der Waals surface area contributed by atoms with Crippen molar-refractivity contribution in [1.29, 1.82) is 0 Å². The van der Waals surface area contributed by atoms with Crippen molar-refractivity contribution < 1.29 is 9.18 Å². The minimum Gasteiger partial charge on any atom is -0.348 e. The van der Waals surface area contributed by atoms with Crippen molar-refractivity contribution in [3.8, 4) is 0 Å². The molecule has 1 amide bonds. The Kier molecular flexibility index (Phi) is 4.63. The Morgan fingerprint density at radius 3 is 2.92 bits per heavy atom. The van der Waals surface area contributed by atoms with Crippen LogP contribution in [0.15, 0.2) is 60.8 Å². The van der Waals surface area contributed by atoms with E-state index in [2.05, 4.69) is 21.7 Å². The van der Waals surface area contributed by atoms with Gasteiger partial charge < -0.3 is 10.6 Å². The second-order valence-corrected chi connectivity index (χ2v) is 6.62. The first kappa shape index (κ1) is 16.7. The molecule has 4 nitrogen and oxygen atoms in total. The Hall–Kier alpha value is -2.79. The van der Waals surface area contributed by atoms with Crippen LogP contribution in [0.25, 0.3) is 10.9 Å². The lowest BCUT2D eigenvalue weighted by molar-refractivity contribution is -0.123. The standard InChI is InChI=1S/C21H20FN3O/c22-17-6-2-1-5-16(17)21-19(9-10-20(26)25-21)24-13-14-7-8-18-15(12-14)4-3-11-23-18/h1-8,11-12,19,21,24H,9-10,13H2,(H,25,26)/t19-,21+/m1/s1. The number of hydrogen-bond donors (Lipinski definition) is 2. The Bertz CT molecular complexity index is 943. The minimum atomic E-state index is -0.362. The van der Waals surface area contributed by atoms with Crippen LogP contribution in [-0.4, -0.2) is 16.9 Å². The van der Waals surface area contributed by atoms with Crippen LogP contribution < -0.4 is 10.6 Å². The summed E-state index contributed by atoms with van der Waals surface area (Å²) in [7, 11) is 0. The van der Waals surface area contributed by atoms with Gasteiger partial charge in [0, 0.05) is 36.2 Å². The molecule has 0 aliphatic carbocycles. The van der Waals surface area contributed by atoms with E-state index in [1.807, 2.05) is 24.3 Å². The summed E-state index contributed by atoms with van der Waals surface area (Å²) in [5.41, 5.74) is 2.63. The zero-order chi connectivity index (χ0) is 17.9. The van der Waals surface area contributed by atoms with Crippen molar-refractivity contribution in [3.05, 3.63) is 77.7 Å². The predicted octanol–water partition coefficient (Wildman–Crippen LogP) is 3.48. The molecule has 2 atom stereocenters. The van der Waals surface area contributed by atoms with Crippen LogP contribution in [0.2, 0.25) is 0 Å². The molecule has 0 spiro atoms. The van der Waals surface area contributed by atoms with Crippen LogP contribution in [-0.2, 0) is 11.3 Å². The number of piperidine rings is 1. The van der Waals surface area contributed by atoms with Crippen LogP contribution >= 0.6 is 0 Å². The molecule has 2 aromatic carbocycles. The number of carbonyl (C=O) groups is 1. The quantitative estimate of drug-likeness (QED) is 0.758. The molecule has 1 aromatic heterocycles. The third-order valence-corrected chi connectivity index (χ3v) is 4.88. The highest BCUT2D eigenvalue weighted by atomic mass is 19.1. The Labute approximate surface area is 151 Å². The van der Waals surface area contributed by atoms with Gasteiger partial charge in [0.15, 0.2) is 0 Å². The van der Waals surface area contributed by atoms with E-state index in [-0.39, 0.29) is 23.8 Å². The number of hydrogen-bond acceptors (Lipinski definition) is 3. The first-order valence-electron chi connectivity index (χ1n) is 8.81. The first-order chi connectivity index (χ1) is 12.7. The summed E-state index contributed by atoms with van der Waals surface area (Å²) >= 11 is 0. The molecule has 1 aliphatic heterocycles. The van der Waals surface area contributed by atoms with Crippen LogP contribution in [0, 0.1) is 5.82 Å². The van der Waals surface area contributed by atoms with E-state index in [9.17, 15) is 9.18 Å². The van der Waals surface area contributed by atoms with E-state index in [1.54, 1.807) is 24.4 Å². The first-order valence-corrected chi connectivity index (χ1v) is 8.81. The van der Waals surface area contributed by atoms with E-state index < -0.39 is 0 Å². The molecule has 1 saturated heterocycles. The fourth-order valence-electron chi connectivity index (χ4n) is 3.53. The lowest BCUT2D eigenvalue weighted by Crippen LogP contribution is -2.48. The molecule has 0 unspecified atom stereocenters. The van der Waals surface area contributed by atoms with Gasteiger partial charge >= 0.3 is 0 Å². The Balaban J connectivity index is 1.53. The van der Waals surface area contributed by atoms with Crippen molar-refractivity contribution >= 4 is 16.8 Å². The molecule has 132 valence electrons. The van der Waals surface area contributed by atoms with E-state index in [4.69, 9.17) is 0 Å². The molecule has 26 heavy (non-hydrogen) atoms. The molecule has 0 bridgehead atoms. The summed E-state index contributed by atoms with van der Waals surface area (Å²) < 4.78 is 14.2. The van der Waals surface area contributed by atoms with Crippen LogP contribution in [0.5, 0.6) is 0 Å². The lowest BCUT2D eigenvalue weighted by Gasteiger charge is -2.33. The van der Waals surface area contributed by atoms with Crippen LogP contribution in [0.3, 0.4) is 0 Å². The van der Waals surface area contributed by atoms with Gasteiger partial charge in [0.25, 0.3) is 0 Å². The van der Waals surface area contributed by atoms with Gasteiger partial charge in [0.1, 0.15) is 5.82 Å². The van der Waals surface area contributed by atoms with E-state index in [0.29, 0.717) is 24.9 Å². The topological polar surface area (TPSA) is 54.0 Å². The second kappa shape index (κ2) is 7.22. The van der Waals surface area contributed by atoms with E-state index >= 15 is 0 Å². The zero-order valence-corrected chi connectivity index (χ0v) is 14.3. The third kappa shape index (κ3) is 3.44. The Morgan fingerprint density at radius 1 is 1.15 bits per heavy atom. The molecule has 3 aromatic rings. The van der Waals surface area contributed by atoms with Crippen molar-refractivity contribution in [2.24, 2.45) is 0 Å². The Morgan fingerprint density at radius 2 is 2.04 bits per heavy atom. The highest BCUT2D eigenvalue weighted by Crippen LogP contribution is 2.26. The molecule has 5 heteroatoms. The van der Waals surface area contributed by atoms with Gasteiger partial charge in [0.05, 0.1) is 11.6 Å². The number of aromatic nitrogens is 1. The number of halogens is 1. The van der Waals surface area contributed by atoms with Crippen molar-refractivity contribution in [2.75, 3.05) is 0 Å². The third-order valence-electron chi connectivity index (χ3n) is 4.88. The average Bonchev–Trinajstić information content (AvgIpc) is 2.67. The monoisotopic (exact) mass is 349 g/mol. The molecule has 2 N–H and O–H groups in total. The highest BCUT2D eigenvalue weighted by molar-refractivity contribution is 5.79. The summed E-state index contributed by atoms with van der Waals surface area (Å²) in [5.74, 6) is -0.323. The summed E-state index contributed by atoms with van der Waals surface area (Å²) in [4.78, 5) is 16.2. The maximum Gasteiger partial charge on any atom is 0.220 e.